The summed E-state index contributed by atoms with van der Waals surface area (Å²) in [6.07, 6.45) is 2.27. The number of hydrogen-bond donors (Lipinski definition) is 1. The van der Waals surface area contributed by atoms with Crippen LogP contribution < -0.4 is 4.90 Å². The van der Waals surface area contributed by atoms with Crippen molar-refractivity contribution in [2.45, 2.75) is 51.5 Å². The summed E-state index contributed by atoms with van der Waals surface area (Å²) < 4.78 is 43.8. The van der Waals surface area contributed by atoms with Gasteiger partial charge in [-0.1, -0.05) is 0 Å². The maximum absolute atomic E-state index is 10.6. The molecule has 0 bridgehead atoms. The molecule has 3 rings (SSSR count). The molecular weight excluding hydrogens is 379 g/mol. The Bertz CT molecular complexity index is 630. The zero-order valence-electron chi connectivity index (χ0n) is 16.0. The second-order valence-corrected chi connectivity index (χ2v) is 7.27. The average Bonchev–Trinajstić information content (AvgIpc) is 2.66. The average molecular weight is 405 g/mol. The maximum atomic E-state index is 10.6. The molecule has 0 aliphatic carbocycles. The second-order valence-electron chi connectivity index (χ2n) is 7.27. The molecule has 0 aromatic carbocycles. The lowest BCUT2D eigenvalue weighted by Crippen LogP contribution is -2.57. The zero-order valence-corrected chi connectivity index (χ0v) is 16.0. The van der Waals surface area contributed by atoms with Gasteiger partial charge in [-0.15, -0.1) is 0 Å². The molecule has 0 radical (unpaired) electrons. The van der Waals surface area contributed by atoms with Crippen molar-refractivity contribution < 1.29 is 32.5 Å². The molecule has 2 aliphatic rings. The quantitative estimate of drug-likeness (QED) is 0.824. The van der Waals surface area contributed by atoms with Crippen molar-refractivity contribution in [3.05, 3.63) is 18.6 Å². The summed E-state index contributed by atoms with van der Waals surface area (Å²) in [6, 6.07) is 1.99. The van der Waals surface area contributed by atoms with Crippen LogP contribution in [0.1, 0.15) is 33.1 Å². The van der Waals surface area contributed by atoms with Gasteiger partial charge in [0.25, 0.3) is 0 Å². The van der Waals surface area contributed by atoms with Gasteiger partial charge in [-0.25, -0.2) is 14.8 Å². The van der Waals surface area contributed by atoms with Crippen molar-refractivity contribution in [3.8, 4) is 0 Å². The number of hydrogen-bond acceptors (Lipinski definition) is 6. The highest BCUT2D eigenvalue weighted by Gasteiger charge is 2.46. The molecule has 0 spiro atoms. The van der Waals surface area contributed by atoms with E-state index in [1.165, 1.54) is 6.42 Å². The molecule has 7 nitrogen and oxygen atoms in total. The van der Waals surface area contributed by atoms with Gasteiger partial charge in [-0.2, -0.15) is 13.2 Å². The summed E-state index contributed by atoms with van der Waals surface area (Å²) in [6.45, 7) is 7.81. The molecule has 1 N–H and O–H groups in total. The Morgan fingerprint density at radius 3 is 2.79 bits per heavy atom. The second kappa shape index (κ2) is 9.51. The SMILES string of the molecule is CC(C)OCC12CCCOC1CCN(c1ccncn1)C2.O=C(O)C(F)(F)F. The number of halogens is 3. The predicted molar refractivity (Wildman–Crippen MR) is 95.0 cm³/mol. The van der Waals surface area contributed by atoms with E-state index in [9.17, 15) is 13.2 Å². The van der Waals surface area contributed by atoms with Gasteiger partial charge in [0.2, 0.25) is 0 Å². The minimum atomic E-state index is -5.08. The fourth-order valence-electron chi connectivity index (χ4n) is 3.50. The molecule has 10 heteroatoms. The molecule has 1 aromatic heterocycles. The third kappa shape index (κ3) is 6.03. The van der Waals surface area contributed by atoms with Crippen molar-refractivity contribution >= 4 is 11.8 Å². The molecule has 3 heterocycles. The van der Waals surface area contributed by atoms with E-state index in [-0.39, 0.29) is 11.5 Å². The summed E-state index contributed by atoms with van der Waals surface area (Å²) in [5.41, 5.74) is 0.103. The van der Waals surface area contributed by atoms with Crippen LogP contribution in [0.2, 0.25) is 0 Å². The van der Waals surface area contributed by atoms with E-state index in [0.29, 0.717) is 6.10 Å². The fourth-order valence-corrected chi connectivity index (χ4v) is 3.50. The number of anilines is 1. The van der Waals surface area contributed by atoms with Crippen LogP contribution in [0, 0.1) is 5.41 Å². The monoisotopic (exact) mass is 405 g/mol. The lowest BCUT2D eigenvalue weighted by molar-refractivity contribution is -0.192. The molecule has 2 fully saturated rings. The van der Waals surface area contributed by atoms with Gasteiger partial charge in [0.15, 0.2) is 0 Å². The third-order valence-corrected chi connectivity index (χ3v) is 4.82. The third-order valence-electron chi connectivity index (χ3n) is 4.82. The van der Waals surface area contributed by atoms with Crippen LogP contribution in [-0.2, 0) is 14.3 Å². The number of aliphatic carboxylic acids is 1. The van der Waals surface area contributed by atoms with E-state index in [4.69, 9.17) is 19.4 Å². The Kier molecular flexibility index (Phi) is 7.59. The van der Waals surface area contributed by atoms with E-state index in [1.807, 2.05) is 12.3 Å². The van der Waals surface area contributed by atoms with Crippen LogP contribution in [0.15, 0.2) is 18.6 Å². The first-order valence-electron chi connectivity index (χ1n) is 9.18. The van der Waals surface area contributed by atoms with Gasteiger partial charge in [0.05, 0.1) is 18.8 Å². The number of piperidine rings is 1. The van der Waals surface area contributed by atoms with Crippen LogP contribution >= 0.6 is 0 Å². The van der Waals surface area contributed by atoms with E-state index in [1.54, 1.807) is 6.33 Å². The van der Waals surface area contributed by atoms with Crippen molar-refractivity contribution in [2.24, 2.45) is 5.41 Å². The molecule has 0 saturated carbocycles. The van der Waals surface area contributed by atoms with Gasteiger partial charge < -0.3 is 19.5 Å². The molecule has 1 aromatic rings. The predicted octanol–water partition coefficient (Wildman–Crippen LogP) is 2.91. The first-order chi connectivity index (χ1) is 13.1. The molecule has 2 saturated heterocycles. The number of aromatic nitrogens is 2. The van der Waals surface area contributed by atoms with Crippen LogP contribution in [0.4, 0.5) is 19.0 Å². The topological polar surface area (TPSA) is 84.8 Å². The number of nitrogens with zero attached hydrogens (tertiary/aromatic N) is 3. The summed E-state index contributed by atoms with van der Waals surface area (Å²) in [4.78, 5) is 19.7. The van der Waals surface area contributed by atoms with Crippen molar-refractivity contribution in [1.82, 2.24) is 9.97 Å². The van der Waals surface area contributed by atoms with Crippen molar-refractivity contribution in [3.63, 3.8) is 0 Å². The van der Waals surface area contributed by atoms with Gasteiger partial charge in [-0.05, 0) is 39.2 Å². The number of fused-ring (bicyclic) bond motifs is 1. The molecule has 28 heavy (non-hydrogen) atoms. The Morgan fingerprint density at radius 2 is 2.21 bits per heavy atom. The van der Waals surface area contributed by atoms with E-state index in [0.717, 1.165) is 45.0 Å². The molecule has 2 aliphatic heterocycles. The van der Waals surface area contributed by atoms with Crippen LogP contribution in [-0.4, -0.2) is 65.7 Å². The Morgan fingerprint density at radius 1 is 1.50 bits per heavy atom. The zero-order chi connectivity index (χ0) is 20.8. The number of ether oxygens (including phenoxy) is 2. The van der Waals surface area contributed by atoms with Crippen molar-refractivity contribution in [1.29, 1.82) is 0 Å². The highest BCUT2D eigenvalue weighted by Crippen LogP contribution is 2.41. The molecule has 2 unspecified atom stereocenters. The van der Waals surface area contributed by atoms with E-state index in [2.05, 4.69) is 28.7 Å². The summed E-state index contributed by atoms with van der Waals surface area (Å²) in [7, 11) is 0. The van der Waals surface area contributed by atoms with Gasteiger partial charge in [0.1, 0.15) is 12.1 Å². The number of carboxylic acid groups (broad SMARTS) is 1. The summed E-state index contributed by atoms with van der Waals surface area (Å²) in [5, 5.41) is 7.12. The summed E-state index contributed by atoms with van der Waals surface area (Å²) >= 11 is 0. The number of alkyl halides is 3. The van der Waals surface area contributed by atoms with Gasteiger partial charge >= 0.3 is 12.1 Å². The first-order valence-corrected chi connectivity index (χ1v) is 9.18. The van der Waals surface area contributed by atoms with Crippen molar-refractivity contribution in [2.75, 3.05) is 31.2 Å². The molecule has 158 valence electrons. The van der Waals surface area contributed by atoms with Crippen LogP contribution in [0.3, 0.4) is 0 Å². The maximum Gasteiger partial charge on any atom is 0.490 e. The Labute approximate surface area is 161 Å². The minimum absolute atomic E-state index is 0.103. The molecule has 0 amide bonds. The lowest BCUT2D eigenvalue weighted by atomic mass is 9.73. The van der Waals surface area contributed by atoms with Gasteiger partial charge in [0, 0.05) is 31.3 Å². The van der Waals surface area contributed by atoms with Crippen LogP contribution in [0.5, 0.6) is 0 Å². The number of carbonyl (C=O) groups is 1. The van der Waals surface area contributed by atoms with E-state index < -0.39 is 12.1 Å². The molecular formula is C18H26F3N3O4. The standard InChI is InChI=1S/C16H25N3O2.C2HF3O2/c1-13(2)21-11-16-6-3-9-20-14(16)5-8-19(10-16)15-4-7-17-12-18-15;3-2(4,5)1(6)7/h4,7,12-14H,3,5-6,8-11H2,1-2H3;(H,6,7). The highest BCUT2D eigenvalue weighted by molar-refractivity contribution is 5.73. The largest absolute Gasteiger partial charge is 0.490 e. The fraction of sp³-hybridized carbons (Fsp3) is 0.722. The van der Waals surface area contributed by atoms with Crippen LogP contribution in [0.25, 0.3) is 0 Å². The smallest absolute Gasteiger partial charge is 0.475 e. The molecule has 2 atom stereocenters. The normalized spacial score (nSPS) is 24.9. The highest BCUT2D eigenvalue weighted by atomic mass is 19.4. The Hall–Kier alpha value is -1.94. The van der Waals surface area contributed by atoms with E-state index >= 15 is 0 Å². The number of carboxylic acids is 1. The number of rotatable bonds is 4. The first kappa shape index (κ1) is 22.4. The minimum Gasteiger partial charge on any atom is -0.475 e. The summed E-state index contributed by atoms with van der Waals surface area (Å²) in [5.74, 6) is -1.74. The van der Waals surface area contributed by atoms with Gasteiger partial charge in [-0.3, -0.25) is 0 Å². The Balaban J connectivity index is 0.000000345. The lowest BCUT2D eigenvalue weighted by Gasteiger charge is -2.50.